The molecule has 3 atom stereocenters. The highest BCUT2D eigenvalue weighted by Crippen LogP contribution is 2.34. The molecular weight excluding hydrogens is 298 g/mol. The topological polar surface area (TPSA) is 23.5 Å². The predicted octanol–water partition coefficient (Wildman–Crippen LogP) is 4.65. The Morgan fingerprint density at radius 1 is 1.29 bits per heavy atom. The van der Waals surface area contributed by atoms with Gasteiger partial charge in [0, 0.05) is 29.8 Å². The van der Waals surface area contributed by atoms with Gasteiger partial charge in [-0.1, -0.05) is 27.7 Å². The van der Waals surface area contributed by atoms with E-state index in [9.17, 15) is 5.11 Å². The first-order valence-electron chi connectivity index (χ1n) is 8.10. The highest BCUT2D eigenvalue weighted by Gasteiger charge is 2.22. The van der Waals surface area contributed by atoms with Gasteiger partial charge in [-0.3, -0.25) is 0 Å². The van der Waals surface area contributed by atoms with Crippen LogP contribution in [0, 0.1) is 11.8 Å². The van der Waals surface area contributed by atoms with Crippen molar-refractivity contribution in [2.75, 3.05) is 19.6 Å². The van der Waals surface area contributed by atoms with Gasteiger partial charge in [0.2, 0.25) is 0 Å². The van der Waals surface area contributed by atoms with Crippen LogP contribution in [0.4, 0.5) is 0 Å². The first kappa shape index (κ1) is 17.3. The molecule has 21 heavy (non-hydrogen) atoms. The first-order chi connectivity index (χ1) is 9.94. The Morgan fingerprint density at radius 3 is 2.57 bits per heavy atom. The third-order valence-electron chi connectivity index (χ3n) is 3.95. The summed E-state index contributed by atoms with van der Waals surface area (Å²) in [5.41, 5.74) is 0. The highest BCUT2D eigenvalue weighted by atomic mass is 32.2. The van der Waals surface area contributed by atoms with Crippen LogP contribution in [-0.4, -0.2) is 34.9 Å². The molecular formula is C17H29NOS2. The lowest BCUT2D eigenvalue weighted by molar-refractivity contribution is 0.104. The summed E-state index contributed by atoms with van der Waals surface area (Å²) in [5, 5.41) is 11.0. The molecule has 120 valence electrons. The van der Waals surface area contributed by atoms with Crippen molar-refractivity contribution in [2.45, 2.75) is 56.1 Å². The largest absolute Gasteiger partial charge is 0.388 e. The second-order valence-electron chi connectivity index (χ2n) is 6.83. The molecule has 1 aromatic heterocycles. The normalized spacial score (nSPS) is 25.4. The molecule has 1 aliphatic rings. The number of aliphatic hydroxyl groups is 1. The summed E-state index contributed by atoms with van der Waals surface area (Å²) in [6, 6.07) is 4.25. The van der Waals surface area contributed by atoms with E-state index in [0.29, 0.717) is 5.25 Å². The van der Waals surface area contributed by atoms with Crippen LogP contribution in [0.15, 0.2) is 16.3 Å². The van der Waals surface area contributed by atoms with Gasteiger partial charge in [0.15, 0.2) is 0 Å². The molecule has 1 aromatic rings. The highest BCUT2D eigenvalue weighted by molar-refractivity contribution is 8.01. The molecule has 4 heteroatoms. The first-order valence-corrected chi connectivity index (χ1v) is 9.80. The summed E-state index contributed by atoms with van der Waals surface area (Å²) in [6.45, 7) is 12.5. The van der Waals surface area contributed by atoms with Crippen LogP contribution in [-0.2, 0) is 0 Å². The molecule has 3 unspecified atom stereocenters. The summed E-state index contributed by atoms with van der Waals surface area (Å²) in [4.78, 5) is 3.65. The quantitative estimate of drug-likeness (QED) is 0.769. The standard InChI is InChI=1S/C17H29NOS2/c1-12(2)20-17-6-5-16(21-17)15(19)7-8-18-10-13(3)9-14(4)11-18/h5-6,12-15,19H,7-11H2,1-4H3. The Hall–Kier alpha value is -0.0300. The van der Waals surface area contributed by atoms with Gasteiger partial charge in [-0.05, 0) is 36.8 Å². The van der Waals surface area contributed by atoms with Gasteiger partial charge in [-0.2, -0.15) is 0 Å². The van der Waals surface area contributed by atoms with E-state index in [4.69, 9.17) is 0 Å². The molecule has 0 radical (unpaired) electrons. The molecule has 2 nitrogen and oxygen atoms in total. The molecule has 1 saturated heterocycles. The number of likely N-dealkylation sites (tertiary alicyclic amines) is 1. The van der Waals surface area contributed by atoms with Crippen molar-refractivity contribution < 1.29 is 5.11 Å². The SMILES string of the molecule is CC1CC(C)CN(CCC(O)c2ccc(SC(C)C)s2)C1. The van der Waals surface area contributed by atoms with Crippen LogP contribution >= 0.6 is 23.1 Å². The second-order valence-corrected chi connectivity index (χ2v) is 9.83. The van der Waals surface area contributed by atoms with Crippen molar-refractivity contribution in [3.05, 3.63) is 17.0 Å². The number of piperidine rings is 1. The second kappa shape index (κ2) is 8.00. The van der Waals surface area contributed by atoms with Crippen LogP contribution < -0.4 is 0 Å². The number of rotatable bonds is 6. The molecule has 2 rings (SSSR count). The summed E-state index contributed by atoms with van der Waals surface area (Å²) in [6.07, 6.45) is 1.90. The monoisotopic (exact) mass is 327 g/mol. The Bertz CT molecular complexity index is 422. The molecule has 0 spiro atoms. The van der Waals surface area contributed by atoms with Crippen molar-refractivity contribution in [2.24, 2.45) is 11.8 Å². The van der Waals surface area contributed by atoms with Crippen LogP contribution in [0.3, 0.4) is 0 Å². The molecule has 0 bridgehead atoms. The fourth-order valence-electron chi connectivity index (χ4n) is 3.23. The van der Waals surface area contributed by atoms with E-state index < -0.39 is 0 Å². The summed E-state index contributed by atoms with van der Waals surface area (Å²) in [7, 11) is 0. The number of aliphatic hydroxyl groups excluding tert-OH is 1. The molecule has 0 saturated carbocycles. The van der Waals surface area contributed by atoms with Gasteiger partial charge >= 0.3 is 0 Å². The van der Waals surface area contributed by atoms with E-state index in [1.165, 1.54) is 23.7 Å². The smallest absolute Gasteiger partial charge is 0.0894 e. The average molecular weight is 328 g/mol. The summed E-state index contributed by atoms with van der Waals surface area (Å²) >= 11 is 3.63. The van der Waals surface area contributed by atoms with Gasteiger partial charge < -0.3 is 10.0 Å². The molecule has 0 amide bonds. The van der Waals surface area contributed by atoms with Gasteiger partial charge in [0.05, 0.1) is 10.3 Å². The molecule has 1 fully saturated rings. The maximum absolute atomic E-state index is 10.4. The molecule has 0 aromatic carbocycles. The van der Waals surface area contributed by atoms with Crippen molar-refractivity contribution in [3.63, 3.8) is 0 Å². The van der Waals surface area contributed by atoms with Crippen molar-refractivity contribution >= 4 is 23.1 Å². The minimum Gasteiger partial charge on any atom is -0.388 e. The van der Waals surface area contributed by atoms with Crippen molar-refractivity contribution in [1.82, 2.24) is 4.90 Å². The van der Waals surface area contributed by atoms with E-state index in [0.717, 1.165) is 29.7 Å². The Balaban J connectivity index is 1.81. The van der Waals surface area contributed by atoms with Gasteiger partial charge in [0.25, 0.3) is 0 Å². The fourth-order valence-corrected chi connectivity index (χ4v) is 5.66. The van der Waals surface area contributed by atoms with Crippen LogP contribution in [0.5, 0.6) is 0 Å². The van der Waals surface area contributed by atoms with Gasteiger partial charge in [-0.15, -0.1) is 23.1 Å². The molecule has 1 aliphatic heterocycles. The minimum atomic E-state index is -0.302. The van der Waals surface area contributed by atoms with Gasteiger partial charge in [0.1, 0.15) is 0 Å². The van der Waals surface area contributed by atoms with Crippen molar-refractivity contribution in [3.8, 4) is 0 Å². The number of hydrogen-bond acceptors (Lipinski definition) is 4. The maximum atomic E-state index is 10.4. The summed E-state index contributed by atoms with van der Waals surface area (Å²) < 4.78 is 1.32. The zero-order valence-corrected chi connectivity index (χ0v) is 15.3. The fraction of sp³-hybridized carbons (Fsp3) is 0.765. The minimum absolute atomic E-state index is 0.302. The van der Waals surface area contributed by atoms with E-state index in [-0.39, 0.29) is 6.10 Å². The third-order valence-corrected chi connectivity index (χ3v) is 6.31. The number of thioether (sulfide) groups is 1. The Labute approximate surface area is 137 Å². The number of hydrogen-bond donors (Lipinski definition) is 1. The van der Waals surface area contributed by atoms with Crippen LogP contribution in [0.1, 0.15) is 51.5 Å². The number of nitrogens with zero attached hydrogens (tertiary/aromatic N) is 1. The lowest BCUT2D eigenvalue weighted by atomic mass is 9.92. The Morgan fingerprint density at radius 2 is 1.95 bits per heavy atom. The van der Waals surface area contributed by atoms with E-state index >= 15 is 0 Å². The maximum Gasteiger partial charge on any atom is 0.0894 e. The van der Waals surface area contributed by atoms with E-state index in [1.54, 1.807) is 11.3 Å². The molecule has 2 heterocycles. The van der Waals surface area contributed by atoms with E-state index in [1.807, 2.05) is 11.8 Å². The molecule has 0 aliphatic carbocycles. The lowest BCUT2D eigenvalue weighted by Crippen LogP contribution is -2.39. The average Bonchev–Trinajstić information content (AvgIpc) is 2.82. The number of thiophene rings is 1. The lowest BCUT2D eigenvalue weighted by Gasteiger charge is -2.35. The van der Waals surface area contributed by atoms with E-state index in [2.05, 4.69) is 44.7 Å². The zero-order chi connectivity index (χ0) is 15.4. The summed E-state index contributed by atoms with van der Waals surface area (Å²) in [5.74, 6) is 1.59. The molecule has 1 N–H and O–H groups in total. The Kier molecular flexibility index (Phi) is 6.60. The third kappa shape index (κ3) is 5.59. The van der Waals surface area contributed by atoms with Crippen LogP contribution in [0.2, 0.25) is 0 Å². The zero-order valence-electron chi connectivity index (χ0n) is 13.7. The van der Waals surface area contributed by atoms with Gasteiger partial charge in [-0.25, -0.2) is 0 Å². The predicted molar refractivity (Wildman–Crippen MR) is 94.3 cm³/mol. The van der Waals surface area contributed by atoms with Crippen molar-refractivity contribution in [1.29, 1.82) is 0 Å². The van der Waals surface area contributed by atoms with Crippen LogP contribution in [0.25, 0.3) is 0 Å².